The molecule has 2 atom stereocenters. The first-order valence-electron chi connectivity index (χ1n) is 9.57. The first-order chi connectivity index (χ1) is 13.0. The summed E-state index contributed by atoms with van der Waals surface area (Å²) >= 11 is 0. The maximum atomic E-state index is 14.1. The van der Waals surface area contributed by atoms with Crippen LogP contribution in [0.5, 0.6) is 0 Å². The van der Waals surface area contributed by atoms with E-state index in [1.807, 2.05) is 30.3 Å². The Morgan fingerprint density at radius 1 is 1.15 bits per heavy atom. The van der Waals surface area contributed by atoms with Crippen molar-refractivity contribution in [3.05, 3.63) is 48.0 Å². The molecule has 2 aliphatic heterocycles. The van der Waals surface area contributed by atoms with Gasteiger partial charge in [-0.1, -0.05) is 18.2 Å². The molecule has 144 valence electrons. The number of hydrogen-bond donors (Lipinski definition) is 0. The first-order valence-corrected chi connectivity index (χ1v) is 9.57. The Labute approximate surface area is 159 Å². The fourth-order valence-electron chi connectivity index (χ4n) is 4.25. The molecule has 0 N–H and O–H groups in total. The summed E-state index contributed by atoms with van der Waals surface area (Å²) in [7, 11) is 1.86. The number of carbonyl (C=O) groups excluding carboxylic acids is 1. The van der Waals surface area contributed by atoms with E-state index in [-0.39, 0.29) is 23.8 Å². The van der Waals surface area contributed by atoms with Crippen LogP contribution in [0.25, 0.3) is 0 Å². The van der Waals surface area contributed by atoms with E-state index < -0.39 is 0 Å². The molecule has 1 amide bonds. The zero-order valence-electron chi connectivity index (χ0n) is 15.9. The average molecular weight is 371 g/mol. The summed E-state index contributed by atoms with van der Waals surface area (Å²) in [6.07, 6.45) is 4.47. The summed E-state index contributed by atoms with van der Waals surface area (Å²) in [6.45, 7) is 6.13. The number of aromatic nitrogens is 2. The van der Waals surface area contributed by atoms with Gasteiger partial charge in [-0.3, -0.25) is 19.3 Å². The van der Waals surface area contributed by atoms with Gasteiger partial charge in [-0.2, -0.15) is 5.10 Å². The molecular formula is C20H26FN5O. The molecule has 0 unspecified atom stereocenters. The molecule has 7 heteroatoms. The van der Waals surface area contributed by atoms with E-state index in [1.165, 1.54) is 6.07 Å². The summed E-state index contributed by atoms with van der Waals surface area (Å²) < 4.78 is 15.8. The lowest BCUT2D eigenvalue weighted by atomic mass is 10.0. The maximum Gasteiger partial charge on any atom is 0.244 e. The highest BCUT2D eigenvalue weighted by molar-refractivity contribution is 5.99. The molecule has 0 radical (unpaired) electrons. The van der Waals surface area contributed by atoms with Crippen molar-refractivity contribution in [1.29, 1.82) is 0 Å². The normalized spacial score (nSPS) is 23.1. The van der Waals surface area contributed by atoms with Gasteiger partial charge in [-0.25, -0.2) is 4.39 Å². The molecule has 0 spiro atoms. The van der Waals surface area contributed by atoms with Gasteiger partial charge in [0.05, 0.1) is 17.9 Å². The zero-order valence-corrected chi connectivity index (χ0v) is 15.9. The SMILES string of the molecule is C[C@H](c1ccccc1F)N1CCN([C@@H]2CCN(c3cnn(C)c3)C2=O)CC1. The Hall–Kier alpha value is -2.25. The van der Waals surface area contributed by atoms with Gasteiger partial charge in [0, 0.05) is 57.6 Å². The minimum atomic E-state index is -0.148. The molecule has 2 saturated heterocycles. The molecule has 6 nitrogen and oxygen atoms in total. The molecule has 1 aromatic heterocycles. The maximum absolute atomic E-state index is 14.1. The number of hydrogen-bond acceptors (Lipinski definition) is 4. The van der Waals surface area contributed by atoms with Gasteiger partial charge in [0.25, 0.3) is 0 Å². The third-order valence-electron chi connectivity index (χ3n) is 5.87. The van der Waals surface area contributed by atoms with Crippen LogP contribution in [0.15, 0.2) is 36.7 Å². The van der Waals surface area contributed by atoms with E-state index in [0.717, 1.165) is 50.4 Å². The van der Waals surface area contributed by atoms with E-state index in [9.17, 15) is 9.18 Å². The molecule has 0 bridgehead atoms. The number of rotatable bonds is 4. The Kier molecular flexibility index (Phi) is 4.97. The molecule has 2 fully saturated rings. The van der Waals surface area contributed by atoms with Crippen LogP contribution in [0, 0.1) is 5.82 Å². The quantitative estimate of drug-likeness (QED) is 0.825. The lowest BCUT2D eigenvalue weighted by Crippen LogP contribution is -2.53. The van der Waals surface area contributed by atoms with E-state index in [2.05, 4.69) is 21.8 Å². The molecule has 4 rings (SSSR count). The number of aryl methyl sites for hydroxylation is 1. The molecule has 0 aliphatic carbocycles. The summed E-state index contributed by atoms with van der Waals surface area (Å²) in [5, 5.41) is 4.17. The third kappa shape index (κ3) is 3.49. The standard InChI is InChI=1S/C20H26FN5O/c1-15(17-5-3-4-6-18(17)21)24-9-11-25(12-10-24)19-7-8-26(20(19)27)16-13-22-23(2)14-16/h3-6,13-15,19H,7-12H2,1-2H3/t15-,19-/m1/s1. The second kappa shape index (κ2) is 7.40. The number of carbonyl (C=O) groups is 1. The minimum Gasteiger partial charge on any atom is -0.308 e. The number of halogens is 1. The van der Waals surface area contributed by atoms with Crippen molar-refractivity contribution in [2.24, 2.45) is 7.05 Å². The Morgan fingerprint density at radius 2 is 1.89 bits per heavy atom. The topological polar surface area (TPSA) is 44.6 Å². The second-order valence-electron chi connectivity index (χ2n) is 7.44. The number of piperazine rings is 1. The van der Waals surface area contributed by atoms with Gasteiger partial charge in [0.15, 0.2) is 0 Å². The monoisotopic (exact) mass is 371 g/mol. The predicted octanol–water partition coefficient (Wildman–Crippen LogP) is 2.04. The predicted molar refractivity (Wildman–Crippen MR) is 102 cm³/mol. The van der Waals surface area contributed by atoms with Crippen molar-refractivity contribution in [2.45, 2.75) is 25.4 Å². The molecule has 0 saturated carbocycles. The highest BCUT2D eigenvalue weighted by Crippen LogP contribution is 2.27. The van der Waals surface area contributed by atoms with Crippen molar-refractivity contribution in [2.75, 3.05) is 37.6 Å². The highest BCUT2D eigenvalue weighted by atomic mass is 19.1. The third-order valence-corrected chi connectivity index (χ3v) is 5.87. The molecule has 2 aliphatic rings. The largest absolute Gasteiger partial charge is 0.308 e. The Morgan fingerprint density at radius 3 is 2.56 bits per heavy atom. The molecule has 2 aromatic rings. The summed E-state index contributed by atoms with van der Waals surface area (Å²) in [5.41, 5.74) is 1.61. The van der Waals surface area contributed by atoms with Crippen LogP contribution in [0.2, 0.25) is 0 Å². The van der Waals surface area contributed by atoms with Crippen LogP contribution >= 0.6 is 0 Å². The van der Waals surface area contributed by atoms with Crippen LogP contribution in [-0.2, 0) is 11.8 Å². The smallest absolute Gasteiger partial charge is 0.244 e. The Balaban J connectivity index is 1.37. The summed E-state index contributed by atoms with van der Waals surface area (Å²) in [5.74, 6) is 0.0177. The van der Waals surface area contributed by atoms with E-state index >= 15 is 0 Å². The van der Waals surface area contributed by atoms with Crippen LogP contribution in [0.1, 0.15) is 24.9 Å². The van der Waals surface area contributed by atoms with E-state index in [1.54, 1.807) is 16.9 Å². The van der Waals surface area contributed by atoms with Gasteiger partial charge >= 0.3 is 0 Å². The van der Waals surface area contributed by atoms with Crippen molar-refractivity contribution in [3.8, 4) is 0 Å². The zero-order chi connectivity index (χ0) is 19.0. The number of nitrogens with zero attached hydrogens (tertiary/aromatic N) is 5. The minimum absolute atomic E-state index is 0.0412. The second-order valence-corrected chi connectivity index (χ2v) is 7.44. The van der Waals surface area contributed by atoms with E-state index in [0.29, 0.717) is 0 Å². The molecule has 27 heavy (non-hydrogen) atoms. The number of benzene rings is 1. The van der Waals surface area contributed by atoms with Crippen molar-refractivity contribution in [1.82, 2.24) is 19.6 Å². The highest BCUT2D eigenvalue weighted by Gasteiger charge is 2.38. The lowest BCUT2D eigenvalue weighted by molar-refractivity contribution is -0.122. The molecule has 3 heterocycles. The fraction of sp³-hybridized carbons (Fsp3) is 0.500. The molecule has 1 aromatic carbocycles. The van der Waals surface area contributed by atoms with Crippen molar-refractivity contribution < 1.29 is 9.18 Å². The number of amides is 1. The van der Waals surface area contributed by atoms with Gasteiger partial charge in [0.2, 0.25) is 5.91 Å². The van der Waals surface area contributed by atoms with Crippen LogP contribution in [0.3, 0.4) is 0 Å². The van der Waals surface area contributed by atoms with Gasteiger partial charge < -0.3 is 4.90 Å². The van der Waals surface area contributed by atoms with Gasteiger partial charge in [0.1, 0.15) is 5.82 Å². The molecular weight excluding hydrogens is 345 g/mol. The average Bonchev–Trinajstić information content (AvgIpc) is 3.27. The number of anilines is 1. The summed E-state index contributed by atoms with van der Waals surface area (Å²) in [6, 6.07) is 6.97. The van der Waals surface area contributed by atoms with Crippen LogP contribution in [-0.4, -0.2) is 64.3 Å². The van der Waals surface area contributed by atoms with E-state index in [4.69, 9.17) is 0 Å². The first kappa shape index (κ1) is 18.1. The Bertz CT molecular complexity index is 814. The van der Waals surface area contributed by atoms with Gasteiger partial charge in [-0.15, -0.1) is 0 Å². The van der Waals surface area contributed by atoms with Crippen LogP contribution < -0.4 is 4.90 Å². The van der Waals surface area contributed by atoms with Crippen molar-refractivity contribution >= 4 is 11.6 Å². The van der Waals surface area contributed by atoms with Crippen LogP contribution in [0.4, 0.5) is 10.1 Å². The van der Waals surface area contributed by atoms with Gasteiger partial charge in [-0.05, 0) is 19.4 Å². The lowest BCUT2D eigenvalue weighted by Gasteiger charge is -2.40. The van der Waals surface area contributed by atoms with Crippen molar-refractivity contribution in [3.63, 3.8) is 0 Å². The fourth-order valence-corrected chi connectivity index (χ4v) is 4.25. The summed E-state index contributed by atoms with van der Waals surface area (Å²) in [4.78, 5) is 19.3.